The highest BCUT2D eigenvalue weighted by molar-refractivity contribution is 8.03. The molecule has 0 amide bonds. The van der Waals surface area contributed by atoms with E-state index in [9.17, 15) is 0 Å². The average Bonchev–Trinajstić information content (AvgIpc) is 3.41. The SMILES string of the molecule is C1=CC2C(=C1)Sc1cccc(c1)N1c3cccc(c3)Sc3cccc(c3)N2c2cccc(c2)Sc2cccc1c2. The Hall–Kier alpha value is -3.77. The highest BCUT2D eigenvalue weighted by Gasteiger charge is 2.27. The van der Waals surface area contributed by atoms with Crippen molar-refractivity contribution in [2.24, 2.45) is 0 Å². The van der Waals surface area contributed by atoms with Gasteiger partial charge in [0.25, 0.3) is 0 Å². The second-order valence-corrected chi connectivity index (χ2v) is 13.3. The van der Waals surface area contributed by atoms with E-state index in [1.165, 1.54) is 40.8 Å². The second kappa shape index (κ2) is 10.0. The summed E-state index contributed by atoms with van der Waals surface area (Å²) in [4.78, 5) is 12.3. The van der Waals surface area contributed by atoms with Gasteiger partial charge in [0, 0.05) is 57.8 Å². The molecule has 1 atom stereocenters. The third kappa shape index (κ3) is 4.44. The quantitative estimate of drug-likeness (QED) is 0.183. The molecule has 0 radical (unpaired) electrons. The summed E-state index contributed by atoms with van der Waals surface area (Å²) in [5, 5.41) is 0. The minimum absolute atomic E-state index is 0.0996. The van der Waals surface area contributed by atoms with Crippen LogP contribution in [0.3, 0.4) is 0 Å². The summed E-state index contributed by atoms with van der Waals surface area (Å²) in [7, 11) is 0. The summed E-state index contributed by atoms with van der Waals surface area (Å²) in [5.74, 6) is 0. The van der Waals surface area contributed by atoms with Gasteiger partial charge >= 0.3 is 0 Å². The normalized spacial score (nSPS) is 16.9. The molecule has 5 aromatic rings. The van der Waals surface area contributed by atoms with Crippen molar-refractivity contribution in [1.82, 2.24) is 0 Å². The smallest absolute Gasteiger partial charge is 0.0840 e. The summed E-state index contributed by atoms with van der Waals surface area (Å²) >= 11 is 5.48. The van der Waals surface area contributed by atoms with Crippen LogP contribution in [0.15, 0.2) is 169 Å². The minimum Gasteiger partial charge on any atom is -0.330 e. The van der Waals surface area contributed by atoms with Gasteiger partial charge in [-0.2, -0.15) is 0 Å². The zero-order chi connectivity index (χ0) is 26.5. The second-order valence-electron chi connectivity index (χ2n) is 9.90. The van der Waals surface area contributed by atoms with Crippen molar-refractivity contribution in [2.45, 2.75) is 30.5 Å². The lowest BCUT2D eigenvalue weighted by atomic mass is 10.1. The van der Waals surface area contributed by atoms with Gasteiger partial charge in [-0.1, -0.05) is 83.8 Å². The Morgan fingerprint density at radius 3 is 1.32 bits per heavy atom. The number of benzene rings is 5. The molecule has 2 aliphatic heterocycles. The molecule has 0 saturated carbocycles. The predicted molar refractivity (Wildman–Crippen MR) is 171 cm³/mol. The van der Waals surface area contributed by atoms with Crippen LogP contribution in [0.1, 0.15) is 0 Å². The van der Waals surface area contributed by atoms with Crippen LogP contribution in [-0.4, -0.2) is 6.04 Å². The van der Waals surface area contributed by atoms with Crippen LogP contribution in [0.25, 0.3) is 0 Å². The van der Waals surface area contributed by atoms with Crippen molar-refractivity contribution < 1.29 is 0 Å². The van der Waals surface area contributed by atoms with E-state index in [-0.39, 0.29) is 6.04 Å². The first-order valence-corrected chi connectivity index (χ1v) is 15.7. The zero-order valence-electron chi connectivity index (χ0n) is 21.5. The van der Waals surface area contributed by atoms with E-state index in [2.05, 4.69) is 149 Å². The van der Waals surface area contributed by atoms with E-state index in [0.29, 0.717) is 0 Å². The molecule has 2 nitrogen and oxygen atoms in total. The van der Waals surface area contributed by atoms with Crippen LogP contribution >= 0.6 is 35.3 Å². The Kier molecular flexibility index (Phi) is 6.02. The molecule has 0 aromatic heterocycles. The van der Waals surface area contributed by atoms with Crippen LogP contribution in [0.4, 0.5) is 28.4 Å². The number of hydrogen-bond acceptors (Lipinski definition) is 5. The van der Waals surface area contributed by atoms with E-state index in [1.54, 1.807) is 0 Å². The van der Waals surface area contributed by atoms with E-state index in [0.717, 1.165) is 17.1 Å². The molecule has 0 fully saturated rings. The number of nitrogens with zero attached hydrogens (tertiary/aromatic N) is 2. The third-order valence-electron chi connectivity index (χ3n) is 7.25. The molecule has 1 unspecified atom stereocenters. The maximum atomic E-state index is 2.48. The van der Waals surface area contributed by atoms with Crippen molar-refractivity contribution in [3.63, 3.8) is 0 Å². The van der Waals surface area contributed by atoms with E-state index >= 15 is 0 Å². The Morgan fingerprint density at radius 2 is 0.850 bits per heavy atom. The zero-order valence-corrected chi connectivity index (χ0v) is 23.9. The first-order valence-electron chi connectivity index (χ1n) is 13.3. The van der Waals surface area contributed by atoms with Crippen LogP contribution in [0, 0.1) is 0 Å². The Balaban J connectivity index is 1.46. The fourth-order valence-corrected chi connectivity index (χ4v) is 8.43. The molecular formula is C35H24N2S3. The minimum atomic E-state index is 0.0996. The van der Waals surface area contributed by atoms with Crippen molar-refractivity contribution >= 4 is 63.7 Å². The summed E-state index contributed by atoms with van der Waals surface area (Å²) in [6.45, 7) is 0. The average molecular weight is 569 g/mol. The van der Waals surface area contributed by atoms with Crippen LogP contribution in [0.2, 0.25) is 0 Å². The molecule has 40 heavy (non-hydrogen) atoms. The molecule has 1 aliphatic carbocycles. The maximum absolute atomic E-state index is 2.48. The summed E-state index contributed by atoms with van der Waals surface area (Å²) in [5.41, 5.74) is 5.82. The number of fused-ring (bicyclic) bond motifs is 12. The lowest BCUT2D eigenvalue weighted by molar-refractivity contribution is 0.937. The predicted octanol–water partition coefficient (Wildman–Crippen LogP) is 10.8. The fourth-order valence-electron chi connectivity index (χ4n) is 5.53. The van der Waals surface area contributed by atoms with Gasteiger partial charge < -0.3 is 9.80 Å². The van der Waals surface area contributed by atoms with Gasteiger partial charge in [-0.3, -0.25) is 0 Å². The van der Waals surface area contributed by atoms with Gasteiger partial charge in [0.2, 0.25) is 0 Å². The van der Waals surface area contributed by atoms with Crippen LogP contribution in [0.5, 0.6) is 0 Å². The lowest BCUT2D eigenvalue weighted by Gasteiger charge is -2.32. The first kappa shape index (κ1) is 24.1. The van der Waals surface area contributed by atoms with Gasteiger partial charge in [-0.25, -0.2) is 0 Å². The largest absolute Gasteiger partial charge is 0.330 e. The molecule has 0 saturated heterocycles. The molecule has 12 bridgehead atoms. The number of allylic oxidation sites excluding steroid dienone is 2. The van der Waals surface area contributed by atoms with Gasteiger partial charge in [-0.05, 0) is 91.0 Å². The number of anilines is 5. The van der Waals surface area contributed by atoms with Crippen molar-refractivity contribution in [3.05, 3.63) is 144 Å². The van der Waals surface area contributed by atoms with Gasteiger partial charge in [0.05, 0.1) is 6.04 Å². The van der Waals surface area contributed by atoms with E-state index < -0.39 is 0 Å². The van der Waals surface area contributed by atoms with Gasteiger partial charge in [0.1, 0.15) is 0 Å². The lowest BCUT2D eigenvalue weighted by Crippen LogP contribution is -2.29. The fraction of sp³-hybridized carbons (Fsp3) is 0.0286. The number of hydrogen-bond donors (Lipinski definition) is 0. The number of thioether (sulfide) groups is 1. The number of rotatable bonds is 0. The molecular weight excluding hydrogens is 545 g/mol. The monoisotopic (exact) mass is 568 g/mol. The highest BCUT2D eigenvalue weighted by atomic mass is 32.2. The van der Waals surface area contributed by atoms with Crippen LogP contribution < -0.4 is 9.80 Å². The third-order valence-corrected chi connectivity index (χ3v) is 10.3. The first-order chi connectivity index (χ1) is 19.8. The van der Waals surface area contributed by atoms with Crippen molar-refractivity contribution in [3.8, 4) is 0 Å². The van der Waals surface area contributed by atoms with Crippen molar-refractivity contribution in [1.29, 1.82) is 0 Å². The highest BCUT2D eigenvalue weighted by Crippen LogP contribution is 2.46. The van der Waals surface area contributed by atoms with Crippen molar-refractivity contribution in [2.75, 3.05) is 9.80 Å². The molecule has 192 valence electrons. The molecule has 0 N–H and O–H groups in total. The molecule has 8 rings (SSSR count). The molecule has 2 heterocycles. The van der Waals surface area contributed by atoms with Gasteiger partial charge in [-0.15, -0.1) is 0 Å². The Labute approximate surface area is 247 Å². The van der Waals surface area contributed by atoms with E-state index in [4.69, 9.17) is 0 Å². The maximum Gasteiger partial charge on any atom is 0.0840 e. The van der Waals surface area contributed by atoms with Gasteiger partial charge in [0.15, 0.2) is 0 Å². The topological polar surface area (TPSA) is 6.48 Å². The molecule has 0 spiro atoms. The summed E-state index contributed by atoms with van der Waals surface area (Å²) < 4.78 is 0. The standard InChI is InChI=1S/C35H24N2S3/c1-7-24-19-29(12-1)38-31-14-4-10-27(22-31)37-28-11-5-15-32(23-28)39-30-13-2-8-25(20-30)36(24)26-9-3-16-33(21-26)40-35-18-6-17-34(35)37/h1-23,34H. The molecule has 3 aliphatic rings. The molecule has 5 heteroatoms. The van der Waals surface area contributed by atoms with Crippen LogP contribution in [-0.2, 0) is 0 Å². The Bertz CT molecular complexity index is 1730. The Morgan fingerprint density at radius 1 is 0.450 bits per heavy atom. The molecule has 5 aromatic carbocycles. The summed E-state index contributed by atoms with van der Waals surface area (Å²) in [6, 6.07) is 44.8. The summed E-state index contributed by atoms with van der Waals surface area (Å²) in [6.07, 6.45) is 6.79. The van der Waals surface area contributed by atoms with E-state index in [1.807, 2.05) is 35.3 Å².